The molecular formula is C5H7N3. The van der Waals surface area contributed by atoms with E-state index in [0.29, 0.717) is 0 Å². The Kier molecular flexibility index (Phi) is 1.42. The first-order valence-electron chi connectivity index (χ1n) is 2.39. The molecule has 0 radical (unpaired) electrons. The molecule has 0 saturated carbocycles. The average molecular weight is 109 g/mol. The van der Waals surface area contributed by atoms with Gasteiger partial charge in [-0.3, -0.25) is 0 Å². The third-order valence-corrected chi connectivity index (χ3v) is 0.818. The fourth-order valence-corrected chi connectivity index (χ4v) is 0.472. The molecule has 0 amide bonds. The van der Waals surface area contributed by atoms with Crippen LogP contribution in [0, 0.1) is 0 Å². The third kappa shape index (κ3) is 0.932. The van der Waals surface area contributed by atoms with E-state index in [1.54, 1.807) is 12.3 Å². The van der Waals surface area contributed by atoms with Gasteiger partial charge >= 0.3 is 0 Å². The van der Waals surface area contributed by atoms with E-state index in [1.807, 2.05) is 0 Å². The molecule has 42 valence electrons. The average Bonchev–Trinajstić information content (AvgIpc) is 2.19. The topological polar surface area (TPSA) is 41.6 Å². The molecule has 3 nitrogen and oxygen atoms in total. The van der Waals surface area contributed by atoms with Crippen LogP contribution in [0.5, 0.6) is 0 Å². The van der Waals surface area contributed by atoms with Crippen LogP contribution in [0.25, 0.3) is 0 Å². The zero-order valence-electron chi connectivity index (χ0n) is 4.46. The highest BCUT2D eigenvalue weighted by molar-refractivity contribution is 4.96. The number of allylic oxidation sites excluding steroid dienone is 1. The molecule has 0 atom stereocenters. The largest absolute Gasteiger partial charge is 0.198 e. The molecule has 1 N–H and O–H groups in total. The summed E-state index contributed by atoms with van der Waals surface area (Å²) in [6.45, 7) is 3.55. The van der Waals surface area contributed by atoms with E-state index in [-0.39, 0.29) is 0 Å². The maximum atomic E-state index is 3.80. The quantitative estimate of drug-likeness (QED) is 0.563. The van der Waals surface area contributed by atoms with Crippen LogP contribution >= 0.6 is 0 Å². The SMILES string of the molecule is C=CCc1cn[nH]n1. The highest BCUT2D eigenvalue weighted by atomic mass is 15.3. The van der Waals surface area contributed by atoms with Crippen LogP contribution < -0.4 is 0 Å². The van der Waals surface area contributed by atoms with Gasteiger partial charge in [0.05, 0.1) is 11.9 Å². The Morgan fingerprint density at radius 1 is 1.88 bits per heavy atom. The molecule has 0 aliphatic carbocycles. The molecule has 1 aromatic rings. The molecule has 0 aromatic carbocycles. The molecule has 0 saturated heterocycles. The first-order valence-corrected chi connectivity index (χ1v) is 2.39. The van der Waals surface area contributed by atoms with Gasteiger partial charge < -0.3 is 0 Å². The van der Waals surface area contributed by atoms with E-state index in [0.717, 1.165) is 12.1 Å². The lowest BCUT2D eigenvalue weighted by molar-refractivity contribution is 0.919. The van der Waals surface area contributed by atoms with Gasteiger partial charge in [-0.25, -0.2) is 0 Å². The van der Waals surface area contributed by atoms with Gasteiger partial charge in [0.25, 0.3) is 0 Å². The van der Waals surface area contributed by atoms with Crippen LogP contribution in [-0.2, 0) is 6.42 Å². The monoisotopic (exact) mass is 109 g/mol. The second-order valence-corrected chi connectivity index (χ2v) is 1.45. The van der Waals surface area contributed by atoms with Crippen molar-refractivity contribution in [2.75, 3.05) is 0 Å². The first-order chi connectivity index (χ1) is 3.93. The number of aromatic nitrogens is 3. The van der Waals surface area contributed by atoms with Gasteiger partial charge in [0.1, 0.15) is 0 Å². The number of nitrogens with one attached hydrogen (secondary N) is 1. The molecule has 1 aromatic heterocycles. The maximum absolute atomic E-state index is 3.80. The molecule has 0 unspecified atom stereocenters. The second-order valence-electron chi connectivity index (χ2n) is 1.45. The lowest BCUT2D eigenvalue weighted by Gasteiger charge is -1.78. The Bertz CT molecular complexity index is 154. The summed E-state index contributed by atoms with van der Waals surface area (Å²) in [6, 6.07) is 0. The summed E-state index contributed by atoms with van der Waals surface area (Å²) < 4.78 is 0. The van der Waals surface area contributed by atoms with Gasteiger partial charge in [-0.1, -0.05) is 6.08 Å². The van der Waals surface area contributed by atoms with Gasteiger partial charge in [-0.05, 0) is 0 Å². The summed E-state index contributed by atoms with van der Waals surface area (Å²) in [7, 11) is 0. The lowest BCUT2D eigenvalue weighted by atomic mass is 10.3. The molecule has 0 bridgehead atoms. The summed E-state index contributed by atoms with van der Waals surface area (Å²) in [6.07, 6.45) is 4.26. The van der Waals surface area contributed by atoms with Crippen molar-refractivity contribution in [2.45, 2.75) is 6.42 Å². The van der Waals surface area contributed by atoms with Gasteiger partial charge in [0.15, 0.2) is 0 Å². The minimum Gasteiger partial charge on any atom is -0.198 e. The van der Waals surface area contributed by atoms with Crippen molar-refractivity contribution < 1.29 is 0 Å². The third-order valence-electron chi connectivity index (χ3n) is 0.818. The summed E-state index contributed by atoms with van der Waals surface area (Å²) in [5.74, 6) is 0. The minimum absolute atomic E-state index is 0.788. The number of hydrogen-bond acceptors (Lipinski definition) is 2. The molecule has 0 aliphatic rings. The van der Waals surface area contributed by atoms with Crippen LogP contribution in [0.3, 0.4) is 0 Å². The van der Waals surface area contributed by atoms with Crippen LogP contribution in [0.4, 0.5) is 0 Å². The molecule has 0 fully saturated rings. The highest BCUT2D eigenvalue weighted by Crippen LogP contribution is 1.88. The van der Waals surface area contributed by atoms with Crippen LogP contribution in [0.2, 0.25) is 0 Å². The summed E-state index contributed by atoms with van der Waals surface area (Å²) in [5, 5.41) is 9.92. The van der Waals surface area contributed by atoms with E-state index in [2.05, 4.69) is 22.0 Å². The van der Waals surface area contributed by atoms with Crippen molar-refractivity contribution in [1.29, 1.82) is 0 Å². The van der Waals surface area contributed by atoms with Crippen LogP contribution in [0.1, 0.15) is 5.69 Å². The Labute approximate surface area is 47.4 Å². The first kappa shape index (κ1) is 5.03. The van der Waals surface area contributed by atoms with Crippen molar-refractivity contribution in [3.8, 4) is 0 Å². The van der Waals surface area contributed by atoms with E-state index in [1.165, 1.54) is 0 Å². The summed E-state index contributed by atoms with van der Waals surface area (Å²) in [5.41, 5.74) is 0.931. The number of H-pyrrole nitrogens is 1. The van der Waals surface area contributed by atoms with Crippen LogP contribution in [-0.4, -0.2) is 15.4 Å². The van der Waals surface area contributed by atoms with E-state index in [9.17, 15) is 0 Å². The Balaban J connectivity index is 2.62. The molecule has 1 heterocycles. The van der Waals surface area contributed by atoms with Crippen molar-refractivity contribution in [1.82, 2.24) is 15.4 Å². The predicted molar refractivity (Wildman–Crippen MR) is 30.3 cm³/mol. The number of rotatable bonds is 2. The molecular weight excluding hydrogens is 102 g/mol. The number of aromatic amines is 1. The van der Waals surface area contributed by atoms with Gasteiger partial charge in [-0.2, -0.15) is 15.4 Å². The zero-order valence-corrected chi connectivity index (χ0v) is 4.46. The predicted octanol–water partition coefficient (Wildman–Crippen LogP) is 0.533. The van der Waals surface area contributed by atoms with Gasteiger partial charge in [-0.15, -0.1) is 6.58 Å². The summed E-state index contributed by atoms with van der Waals surface area (Å²) in [4.78, 5) is 0. The molecule has 3 heteroatoms. The highest BCUT2D eigenvalue weighted by Gasteiger charge is 1.87. The molecule has 0 aliphatic heterocycles. The fourth-order valence-electron chi connectivity index (χ4n) is 0.472. The standard InChI is InChI=1S/C5H7N3/c1-2-3-5-4-6-8-7-5/h2,4H,1,3H2,(H,6,7,8). The summed E-state index contributed by atoms with van der Waals surface area (Å²) >= 11 is 0. The Morgan fingerprint density at radius 3 is 3.25 bits per heavy atom. The van der Waals surface area contributed by atoms with Crippen molar-refractivity contribution in [3.05, 3.63) is 24.5 Å². The Hall–Kier alpha value is -1.12. The minimum atomic E-state index is 0.788. The zero-order chi connectivity index (χ0) is 5.82. The van der Waals surface area contributed by atoms with Gasteiger partial charge in [0.2, 0.25) is 0 Å². The smallest absolute Gasteiger partial charge is 0.0862 e. The van der Waals surface area contributed by atoms with E-state index in [4.69, 9.17) is 0 Å². The van der Waals surface area contributed by atoms with Crippen molar-refractivity contribution in [2.24, 2.45) is 0 Å². The van der Waals surface area contributed by atoms with Crippen molar-refractivity contribution in [3.63, 3.8) is 0 Å². The van der Waals surface area contributed by atoms with E-state index >= 15 is 0 Å². The lowest BCUT2D eigenvalue weighted by Crippen LogP contribution is -1.77. The number of nitrogens with zero attached hydrogens (tertiary/aromatic N) is 2. The molecule has 1 rings (SSSR count). The van der Waals surface area contributed by atoms with E-state index < -0.39 is 0 Å². The second kappa shape index (κ2) is 2.26. The molecule has 8 heavy (non-hydrogen) atoms. The normalized spacial score (nSPS) is 9.00. The molecule has 0 spiro atoms. The van der Waals surface area contributed by atoms with Crippen LogP contribution in [0.15, 0.2) is 18.9 Å². The number of hydrogen-bond donors (Lipinski definition) is 1. The van der Waals surface area contributed by atoms with Gasteiger partial charge in [0, 0.05) is 6.42 Å². The maximum Gasteiger partial charge on any atom is 0.0862 e. The van der Waals surface area contributed by atoms with Crippen molar-refractivity contribution >= 4 is 0 Å². The fraction of sp³-hybridized carbons (Fsp3) is 0.200. The Morgan fingerprint density at radius 2 is 2.75 bits per heavy atom.